The van der Waals surface area contributed by atoms with Crippen LogP contribution in [-0.4, -0.2) is 34.8 Å². The molecule has 0 saturated heterocycles. The lowest BCUT2D eigenvalue weighted by molar-refractivity contribution is 0.0349. The van der Waals surface area contributed by atoms with E-state index in [9.17, 15) is 9.90 Å². The zero-order valence-corrected chi connectivity index (χ0v) is 13.1. The van der Waals surface area contributed by atoms with E-state index >= 15 is 0 Å². The number of nitrogens with zero attached hydrogens (tertiary/aromatic N) is 1. The lowest BCUT2D eigenvalue weighted by atomic mass is 10.0. The number of ether oxygens (including phenoxy) is 1. The van der Waals surface area contributed by atoms with Crippen molar-refractivity contribution in [3.63, 3.8) is 0 Å². The van der Waals surface area contributed by atoms with Crippen LogP contribution >= 0.6 is 0 Å². The SMILES string of the molecule is C=CC[C@@H]([C@@H](O)CC)N(CC=C)C(=O)OCc1ccccc1. The van der Waals surface area contributed by atoms with Gasteiger partial charge in [-0.05, 0) is 18.4 Å². The highest BCUT2D eigenvalue weighted by molar-refractivity contribution is 5.68. The molecule has 0 aromatic heterocycles. The van der Waals surface area contributed by atoms with Crippen LogP contribution in [0.2, 0.25) is 0 Å². The quantitative estimate of drug-likeness (QED) is 0.710. The number of amides is 1. The largest absolute Gasteiger partial charge is 0.445 e. The lowest BCUT2D eigenvalue weighted by Gasteiger charge is -2.32. The number of aliphatic hydroxyl groups excluding tert-OH is 1. The maximum Gasteiger partial charge on any atom is 0.410 e. The van der Waals surface area contributed by atoms with Gasteiger partial charge in [-0.1, -0.05) is 49.4 Å². The van der Waals surface area contributed by atoms with Gasteiger partial charge in [0.2, 0.25) is 0 Å². The van der Waals surface area contributed by atoms with E-state index < -0.39 is 12.2 Å². The first-order valence-electron chi connectivity index (χ1n) is 7.51. The summed E-state index contributed by atoms with van der Waals surface area (Å²) in [6, 6.07) is 9.13. The van der Waals surface area contributed by atoms with Gasteiger partial charge in [0.25, 0.3) is 0 Å². The van der Waals surface area contributed by atoms with Crippen LogP contribution in [0.4, 0.5) is 4.79 Å². The molecule has 0 unspecified atom stereocenters. The van der Waals surface area contributed by atoms with Gasteiger partial charge in [0.05, 0.1) is 12.1 Å². The van der Waals surface area contributed by atoms with Gasteiger partial charge in [-0.25, -0.2) is 4.79 Å². The molecule has 1 amide bonds. The van der Waals surface area contributed by atoms with Crippen molar-refractivity contribution >= 4 is 6.09 Å². The highest BCUT2D eigenvalue weighted by Crippen LogP contribution is 2.15. The molecule has 0 fully saturated rings. The molecule has 0 radical (unpaired) electrons. The smallest absolute Gasteiger partial charge is 0.410 e. The van der Waals surface area contributed by atoms with Gasteiger partial charge in [-0.2, -0.15) is 0 Å². The Morgan fingerprint density at radius 3 is 2.55 bits per heavy atom. The minimum Gasteiger partial charge on any atom is -0.445 e. The summed E-state index contributed by atoms with van der Waals surface area (Å²) in [5.41, 5.74) is 0.922. The van der Waals surface area contributed by atoms with E-state index in [-0.39, 0.29) is 12.6 Å². The van der Waals surface area contributed by atoms with Gasteiger partial charge in [-0.15, -0.1) is 13.2 Å². The molecule has 0 bridgehead atoms. The Hall–Kier alpha value is -2.07. The number of aliphatic hydroxyl groups is 1. The predicted octanol–water partition coefficient (Wildman–Crippen LogP) is 3.53. The van der Waals surface area contributed by atoms with Crippen LogP contribution < -0.4 is 0 Å². The van der Waals surface area contributed by atoms with Gasteiger partial charge >= 0.3 is 6.09 Å². The van der Waals surface area contributed by atoms with Crippen molar-refractivity contribution in [1.82, 2.24) is 4.90 Å². The summed E-state index contributed by atoms with van der Waals surface area (Å²) in [6.07, 6.45) is 3.30. The maximum absolute atomic E-state index is 12.4. The van der Waals surface area contributed by atoms with Crippen molar-refractivity contribution in [2.24, 2.45) is 0 Å². The van der Waals surface area contributed by atoms with E-state index in [1.54, 1.807) is 12.2 Å². The van der Waals surface area contributed by atoms with Crippen molar-refractivity contribution in [2.45, 2.75) is 38.5 Å². The van der Waals surface area contributed by atoms with Gasteiger partial charge in [0.15, 0.2) is 0 Å². The van der Waals surface area contributed by atoms with Crippen LogP contribution in [0.15, 0.2) is 55.6 Å². The Labute approximate surface area is 132 Å². The topological polar surface area (TPSA) is 49.8 Å². The molecule has 0 aliphatic carbocycles. The molecule has 0 aliphatic rings. The van der Waals surface area contributed by atoms with Crippen LogP contribution in [0.25, 0.3) is 0 Å². The minimum absolute atomic E-state index is 0.205. The summed E-state index contributed by atoms with van der Waals surface area (Å²) < 4.78 is 5.36. The van der Waals surface area contributed by atoms with Gasteiger partial charge < -0.3 is 9.84 Å². The molecule has 1 aromatic rings. The number of hydrogen-bond donors (Lipinski definition) is 1. The molecule has 2 atom stereocenters. The van der Waals surface area contributed by atoms with Crippen molar-refractivity contribution < 1.29 is 14.6 Å². The summed E-state index contributed by atoms with van der Waals surface area (Å²) in [6.45, 7) is 9.77. The normalized spacial score (nSPS) is 13.0. The second-order valence-corrected chi connectivity index (χ2v) is 5.05. The van der Waals surface area contributed by atoms with Crippen molar-refractivity contribution in [2.75, 3.05) is 6.54 Å². The summed E-state index contributed by atoms with van der Waals surface area (Å²) in [5, 5.41) is 10.1. The van der Waals surface area contributed by atoms with Crippen LogP contribution in [0.1, 0.15) is 25.3 Å². The molecule has 120 valence electrons. The summed E-state index contributed by atoms with van der Waals surface area (Å²) in [5.74, 6) is 0. The standard InChI is InChI=1S/C18H25NO3/c1-4-10-16(17(20)6-3)19(13-5-2)18(21)22-14-15-11-8-7-9-12-15/h4-5,7-9,11-12,16-17,20H,1-2,6,10,13-14H2,3H3/t16-,17-/m0/s1. The molecular formula is C18H25NO3. The molecule has 22 heavy (non-hydrogen) atoms. The average molecular weight is 303 g/mol. The fourth-order valence-electron chi connectivity index (χ4n) is 2.22. The van der Waals surface area contributed by atoms with Crippen molar-refractivity contribution in [3.8, 4) is 0 Å². The van der Waals surface area contributed by atoms with E-state index in [1.807, 2.05) is 37.3 Å². The van der Waals surface area contributed by atoms with Crippen molar-refractivity contribution in [1.29, 1.82) is 0 Å². The van der Waals surface area contributed by atoms with E-state index in [2.05, 4.69) is 13.2 Å². The summed E-state index contributed by atoms with van der Waals surface area (Å²) in [7, 11) is 0. The Kier molecular flexibility index (Phi) is 8.00. The van der Waals surface area contributed by atoms with E-state index in [0.29, 0.717) is 19.4 Å². The number of hydrogen-bond acceptors (Lipinski definition) is 3. The maximum atomic E-state index is 12.4. The molecule has 1 rings (SSSR count). The van der Waals surface area contributed by atoms with Crippen LogP contribution in [0.5, 0.6) is 0 Å². The molecule has 0 aliphatic heterocycles. The van der Waals surface area contributed by atoms with Crippen molar-refractivity contribution in [3.05, 3.63) is 61.2 Å². The number of benzene rings is 1. The Balaban J connectivity index is 2.76. The van der Waals surface area contributed by atoms with Crippen LogP contribution in [0.3, 0.4) is 0 Å². The number of carbonyl (C=O) groups is 1. The summed E-state index contributed by atoms with van der Waals surface area (Å²) >= 11 is 0. The molecule has 4 nitrogen and oxygen atoms in total. The fraction of sp³-hybridized carbons (Fsp3) is 0.389. The highest BCUT2D eigenvalue weighted by Gasteiger charge is 2.28. The third-order valence-electron chi connectivity index (χ3n) is 3.44. The molecule has 0 spiro atoms. The Morgan fingerprint density at radius 1 is 1.32 bits per heavy atom. The highest BCUT2D eigenvalue weighted by atomic mass is 16.6. The minimum atomic E-state index is -0.623. The zero-order chi connectivity index (χ0) is 16.4. The Bertz CT molecular complexity index is 472. The zero-order valence-electron chi connectivity index (χ0n) is 13.1. The van der Waals surface area contributed by atoms with E-state index in [1.165, 1.54) is 4.90 Å². The van der Waals surface area contributed by atoms with Gasteiger partial charge in [0, 0.05) is 6.54 Å². The number of carbonyl (C=O) groups excluding carboxylic acids is 1. The Morgan fingerprint density at radius 2 is 2.00 bits per heavy atom. The first kappa shape index (κ1) is 18.0. The molecule has 1 N–H and O–H groups in total. The molecule has 0 heterocycles. The first-order valence-corrected chi connectivity index (χ1v) is 7.51. The first-order chi connectivity index (χ1) is 10.6. The van der Waals surface area contributed by atoms with E-state index in [0.717, 1.165) is 5.56 Å². The van der Waals surface area contributed by atoms with Gasteiger partial charge in [-0.3, -0.25) is 4.90 Å². The number of rotatable bonds is 9. The molecule has 4 heteroatoms. The lowest BCUT2D eigenvalue weighted by Crippen LogP contribution is -2.47. The third kappa shape index (κ3) is 5.37. The second-order valence-electron chi connectivity index (χ2n) is 5.05. The second kappa shape index (κ2) is 9.79. The molecule has 1 aromatic carbocycles. The summed E-state index contributed by atoms with van der Waals surface area (Å²) in [4.78, 5) is 13.9. The predicted molar refractivity (Wildman–Crippen MR) is 88.4 cm³/mol. The molecule has 0 saturated carbocycles. The van der Waals surface area contributed by atoms with E-state index in [4.69, 9.17) is 4.74 Å². The third-order valence-corrected chi connectivity index (χ3v) is 3.44. The average Bonchev–Trinajstić information content (AvgIpc) is 2.56. The molecular weight excluding hydrogens is 278 g/mol. The fourth-order valence-corrected chi connectivity index (χ4v) is 2.22. The van der Waals surface area contributed by atoms with Crippen LogP contribution in [-0.2, 0) is 11.3 Å². The van der Waals surface area contributed by atoms with Crippen LogP contribution in [0, 0.1) is 0 Å². The van der Waals surface area contributed by atoms with Gasteiger partial charge in [0.1, 0.15) is 6.61 Å². The monoisotopic (exact) mass is 303 g/mol.